The van der Waals surface area contributed by atoms with Crippen LogP contribution in [0.4, 0.5) is 10.8 Å². The molecule has 87 valence electrons. The Labute approximate surface area is 103 Å². The zero-order valence-electron chi connectivity index (χ0n) is 9.27. The Bertz CT molecular complexity index is 496. The van der Waals surface area contributed by atoms with Gasteiger partial charge in [-0.1, -0.05) is 29.5 Å². The number of carbonyl (C=O) groups excluding carboxylic acids is 1. The number of nitrogens with one attached hydrogen (secondary N) is 1. The van der Waals surface area contributed by atoms with Crippen LogP contribution in [0.1, 0.15) is 17.4 Å². The molecule has 0 saturated carbocycles. The van der Waals surface area contributed by atoms with Crippen molar-refractivity contribution in [1.29, 1.82) is 0 Å². The molecular formula is C12H11N2O2S. The molecule has 1 N–H and O–H groups in total. The zero-order chi connectivity index (χ0) is 12.1. The number of hydrogen-bond donors (Lipinski definition) is 1. The molecule has 0 aliphatic carbocycles. The molecule has 2 rings (SSSR count). The Morgan fingerprint density at radius 2 is 2.24 bits per heavy atom. The number of anilines is 2. The number of para-hydroxylation sites is 1. The molecule has 1 heterocycles. The first-order valence-corrected chi connectivity index (χ1v) is 5.99. The second-order valence-corrected chi connectivity index (χ2v) is 3.98. The van der Waals surface area contributed by atoms with Gasteiger partial charge in [-0.3, -0.25) is 0 Å². The molecule has 0 aliphatic rings. The number of hydrogen-bond acceptors (Lipinski definition) is 5. The molecule has 0 unspecified atom stereocenters. The molecule has 0 amide bonds. The molecule has 0 spiro atoms. The van der Waals surface area contributed by atoms with Crippen LogP contribution >= 0.6 is 11.3 Å². The smallest absolute Gasteiger partial charge is 0.358 e. The molecule has 2 aromatic rings. The molecule has 0 bridgehead atoms. The van der Waals surface area contributed by atoms with Crippen LogP contribution in [0.15, 0.2) is 30.3 Å². The molecule has 0 saturated heterocycles. The number of thiazole rings is 1. The molecule has 0 aliphatic heterocycles. The van der Waals surface area contributed by atoms with Crippen molar-refractivity contribution in [2.45, 2.75) is 6.92 Å². The molecule has 1 aromatic heterocycles. The normalized spacial score (nSPS) is 9.94. The van der Waals surface area contributed by atoms with Crippen molar-refractivity contribution in [2.24, 2.45) is 0 Å². The Morgan fingerprint density at radius 3 is 2.94 bits per heavy atom. The molecule has 4 nitrogen and oxygen atoms in total. The second-order valence-electron chi connectivity index (χ2n) is 3.18. The minimum atomic E-state index is -0.440. The first-order valence-electron chi connectivity index (χ1n) is 5.17. The maximum Gasteiger partial charge on any atom is 0.358 e. The molecule has 17 heavy (non-hydrogen) atoms. The quantitative estimate of drug-likeness (QED) is 0.844. The van der Waals surface area contributed by atoms with Gasteiger partial charge in [-0.05, 0) is 19.1 Å². The van der Waals surface area contributed by atoms with Crippen molar-refractivity contribution in [3.8, 4) is 0 Å². The molecule has 1 radical (unpaired) electrons. The first kappa shape index (κ1) is 11.6. The summed E-state index contributed by atoms with van der Waals surface area (Å²) in [6.45, 7) is 2.10. The third-order valence-electron chi connectivity index (χ3n) is 1.95. The summed E-state index contributed by atoms with van der Waals surface area (Å²) in [6.07, 6.45) is 0. The Balaban J connectivity index is 2.06. The van der Waals surface area contributed by atoms with E-state index in [0.29, 0.717) is 11.7 Å². The minimum absolute atomic E-state index is 0.218. The van der Waals surface area contributed by atoms with Crippen molar-refractivity contribution in [2.75, 3.05) is 11.9 Å². The van der Waals surface area contributed by atoms with Crippen molar-refractivity contribution in [1.82, 2.24) is 4.98 Å². The maximum atomic E-state index is 11.4. The summed E-state index contributed by atoms with van der Waals surface area (Å²) >= 11 is 1.25. The molecule has 1 aromatic carbocycles. The van der Waals surface area contributed by atoms with E-state index in [-0.39, 0.29) is 5.69 Å². The van der Waals surface area contributed by atoms with Crippen molar-refractivity contribution in [3.63, 3.8) is 0 Å². The first-order chi connectivity index (χ1) is 8.29. The summed E-state index contributed by atoms with van der Waals surface area (Å²) in [4.78, 5) is 15.5. The van der Waals surface area contributed by atoms with E-state index in [1.54, 1.807) is 6.92 Å². The topological polar surface area (TPSA) is 51.2 Å². The summed E-state index contributed by atoms with van der Waals surface area (Å²) in [5.41, 5.74) is 1.14. The van der Waals surface area contributed by atoms with Gasteiger partial charge in [0.2, 0.25) is 0 Å². The largest absolute Gasteiger partial charge is 0.461 e. The van der Waals surface area contributed by atoms with E-state index in [0.717, 1.165) is 5.69 Å². The Morgan fingerprint density at radius 1 is 1.47 bits per heavy atom. The van der Waals surface area contributed by atoms with Crippen LogP contribution in [0.3, 0.4) is 0 Å². The van der Waals surface area contributed by atoms with Crippen molar-refractivity contribution < 1.29 is 9.53 Å². The van der Waals surface area contributed by atoms with Crippen molar-refractivity contribution >= 4 is 28.1 Å². The lowest BCUT2D eigenvalue weighted by molar-refractivity contribution is 0.0520. The van der Waals surface area contributed by atoms with Gasteiger partial charge in [0.15, 0.2) is 10.8 Å². The van der Waals surface area contributed by atoms with Gasteiger partial charge in [0.05, 0.1) is 12.0 Å². The number of esters is 1. The van der Waals surface area contributed by atoms with Crippen LogP contribution in [-0.4, -0.2) is 17.6 Å². The average Bonchev–Trinajstić information content (AvgIpc) is 2.79. The van der Waals surface area contributed by atoms with Crippen LogP contribution in [0, 0.1) is 5.38 Å². The third kappa shape index (κ3) is 3.04. The highest BCUT2D eigenvalue weighted by atomic mass is 32.1. The number of nitrogens with zero attached hydrogens (tertiary/aromatic N) is 1. The third-order valence-corrected chi connectivity index (χ3v) is 2.63. The summed E-state index contributed by atoms with van der Waals surface area (Å²) in [5.74, 6) is -0.440. The monoisotopic (exact) mass is 247 g/mol. The summed E-state index contributed by atoms with van der Waals surface area (Å²) in [7, 11) is 0. The van der Waals surface area contributed by atoms with Crippen molar-refractivity contribution in [3.05, 3.63) is 41.4 Å². The lowest BCUT2D eigenvalue weighted by Crippen LogP contribution is -2.05. The van der Waals surface area contributed by atoms with Crippen LogP contribution in [-0.2, 0) is 4.74 Å². The van der Waals surface area contributed by atoms with Crippen LogP contribution in [0.25, 0.3) is 0 Å². The Hall–Kier alpha value is -1.88. The van der Waals surface area contributed by atoms with E-state index in [4.69, 9.17) is 4.74 Å². The molecular weight excluding hydrogens is 236 g/mol. The fourth-order valence-electron chi connectivity index (χ4n) is 1.23. The SMILES string of the molecule is CCOC(=O)c1[c]sc(Nc2ccccc2)n1. The van der Waals surface area contributed by atoms with Crippen LogP contribution in [0.5, 0.6) is 0 Å². The highest BCUT2D eigenvalue weighted by molar-refractivity contribution is 7.13. The van der Waals surface area contributed by atoms with Gasteiger partial charge < -0.3 is 10.1 Å². The summed E-state index contributed by atoms with van der Waals surface area (Å²) < 4.78 is 4.84. The van der Waals surface area contributed by atoms with Gasteiger partial charge in [0.1, 0.15) is 0 Å². The fraction of sp³-hybridized carbons (Fsp3) is 0.167. The van der Waals surface area contributed by atoms with Gasteiger partial charge in [0, 0.05) is 5.69 Å². The van der Waals surface area contributed by atoms with Gasteiger partial charge in [0.25, 0.3) is 0 Å². The summed E-state index contributed by atoms with van der Waals surface area (Å²) in [5, 5.41) is 6.52. The fourth-order valence-corrected chi connectivity index (χ4v) is 1.86. The highest BCUT2D eigenvalue weighted by Gasteiger charge is 2.11. The van der Waals surface area contributed by atoms with Gasteiger partial charge in [-0.2, -0.15) is 0 Å². The Kier molecular flexibility index (Phi) is 3.72. The van der Waals surface area contributed by atoms with Gasteiger partial charge in [-0.15, -0.1) is 0 Å². The number of aromatic nitrogens is 1. The maximum absolute atomic E-state index is 11.4. The minimum Gasteiger partial charge on any atom is -0.461 e. The van der Waals surface area contributed by atoms with E-state index in [9.17, 15) is 4.79 Å². The highest BCUT2D eigenvalue weighted by Crippen LogP contribution is 2.20. The van der Waals surface area contributed by atoms with E-state index in [1.165, 1.54) is 11.3 Å². The van der Waals surface area contributed by atoms with Gasteiger partial charge >= 0.3 is 5.97 Å². The molecule has 0 fully saturated rings. The number of rotatable bonds is 4. The lowest BCUT2D eigenvalue weighted by Gasteiger charge is -2.00. The lowest BCUT2D eigenvalue weighted by atomic mass is 10.3. The summed E-state index contributed by atoms with van der Waals surface area (Å²) in [6, 6.07) is 9.62. The number of ether oxygens (including phenoxy) is 1. The van der Waals surface area contributed by atoms with E-state index < -0.39 is 5.97 Å². The average molecular weight is 247 g/mol. The standard InChI is InChI=1S/C12H11N2O2S/c1-2-16-11(15)10-8-17-12(14-10)13-9-6-4-3-5-7-9/h3-7H,2H2,1H3,(H,13,14). The van der Waals surface area contributed by atoms with Crippen LogP contribution < -0.4 is 5.32 Å². The zero-order valence-corrected chi connectivity index (χ0v) is 10.1. The van der Waals surface area contributed by atoms with Gasteiger partial charge in [-0.25, -0.2) is 9.78 Å². The van der Waals surface area contributed by atoms with E-state index in [2.05, 4.69) is 15.7 Å². The van der Waals surface area contributed by atoms with E-state index in [1.807, 2.05) is 30.3 Å². The second kappa shape index (κ2) is 5.45. The molecule has 5 heteroatoms. The predicted molar refractivity (Wildman–Crippen MR) is 66.6 cm³/mol. The van der Waals surface area contributed by atoms with E-state index >= 15 is 0 Å². The number of benzene rings is 1. The van der Waals surface area contributed by atoms with Crippen LogP contribution in [0.2, 0.25) is 0 Å². The predicted octanol–water partition coefficient (Wildman–Crippen LogP) is 2.86. The number of carbonyl (C=O) groups is 1. The molecule has 0 atom stereocenters.